The van der Waals surface area contributed by atoms with Gasteiger partial charge in [-0.1, -0.05) is 17.7 Å². The van der Waals surface area contributed by atoms with E-state index in [9.17, 15) is 14.7 Å². The second-order valence-electron chi connectivity index (χ2n) is 11.1. The number of halogens is 1. The smallest absolute Gasteiger partial charge is 0.407 e. The van der Waals surface area contributed by atoms with Gasteiger partial charge in [-0.3, -0.25) is 9.69 Å². The molecule has 5 rings (SSSR count). The number of rotatable bonds is 5. The van der Waals surface area contributed by atoms with Crippen molar-refractivity contribution < 1.29 is 14.7 Å². The molecule has 0 bridgehead atoms. The van der Waals surface area contributed by atoms with Crippen LogP contribution in [0.5, 0.6) is 0 Å². The number of anilines is 2. The van der Waals surface area contributed by atoms with Crippen molar-refractivity contribution in [1.82, 2.24) is 29.2 Å². The van der Waals surface area contributed by atoms with Crippen molar-refractivity contribution in [3.8, 4) is 0 Å². The molecule has 12 heteroatoms. The molecule has 2 amide bonds. The lowest BCUT2D eigenvalue weighted by Gasteiger charge is -2.46. The van der Waals surface area contributed by atoms with Crippen molar-refractivity contribution in [3.63, 3.8) is 0 Å². The van der Waals surface area contributed by atoms with Crippen LogP contribution in [0, 0.1) is 5.92 Å². The van der Waals surface area contributed by atoms with E-state index in [4.69, 9.17) is 16.6 Å². The van der Waals surface area contributed by atoms with E-state index in [1.807, 2.05) is 79.5 Å². The van der Waals surface area contributed by atoms with E-state index in [0.717, 1.165) is 11.3 Å². The van der Waals surface area contributed by atoms with Gasteiger partial charge >= 0.3 is 6.09 Å². The molecule has 202 valence electrons. The van der Waals surface area contributed by atoms with E-state index in [-0.39, 0.29) is 11.8 Å². The summed E-state index contributed by atoms with van der Waals surface area (Å²) in [5.41, 5.74) is 0.630. The van der Waals surface area contributed by atoms with Crippen LogP contribution < -0.4 is 9.80 Å². The Labute approximate surface area is 226 Å². The Kier molecular flexibility index (Phi) is 6.37. The number of hydrogen-bond donors (Lipinski definition) is 1. The predicted molar refractivity (Wildman–Crippen MR) is 145 cm³/mol. The van der Waals surface area contributed by atoms with Gasteiger partial charge in [0.15, 0.2) is 5.82 Å². The van der Waals surface area contributed by atoms with E-state index >= 15 is 0 Å². The third kappa shape index (κ3) is 4.38. The molecule has 0 radical (unpaired) electrons. The summed E-state index contributed by atoms with van der Waals surface area (Å²) in [6.45, 7) is 10.1. The second-order valence-corrected chi connectivity index (χ2v) is 11.5. The van der Waals surface area contributed by atoms with Crippen molar-refractivity contribution in [3.05, 3.63) is 47.5 Å². The third-order valence-electron chi connectivity index (χ3n) is 7.87. The van der Waals surface area contributed by atoms with Gasteiger partial charge in [0.2, 0.25) is 11.9 Å². The molecule has 2 saturated heterocycles. The van der Waals surface area contributed by atoms with Crippen LogP contribution in [0.3, 0.4) is 0 Å². The van der Waals surface area contributed by atoms with Crippen molar-refractivity contribution in [1.29, 1.82) is 0 Å². The van der Waals surface area contributed by atoms with Crippen LogP contribution in [0.15, 0.2) is 36.8 Å². The lowest BCUT2D eigenvalue weighted by molar-refractivity contribution is -0.140. The number of carboxylic acid groups (broad SMARTS) is 1. The molecule has 0 spiro atoms. The number of nitrogens with zero attached hydrogens (tertiary/aromatic N) is 8. The Morgan fingerprint density at radius 2 is 1.87 bits per heavy atom. The minimum atomic E-state index is -0.932. The molecular weight excluding hydrogens is 508 g/mol. The molecule has 0 saturated carbocycles. The molecule has 3 aromatic rings. The Morgan fingerprint density at radius 3 is 2.55 bits per heavy atom. The average Bonchev–Trinajstić information content (AvgIpc) is 3.28. The van der Waals surface area contributed by atoms with Crippen LogP contribution in [0.4, 0.5) is 16.6 Å². The molecule has 38 heavy (non-hydrogen) atoms. The first-order valence-electron chi connectivity index (χ1n) is 12.6. The van der Waals surface area contributed by atoms with E-state index in [2.05, 4.69) is 9.97 Å². The van der Waals surface area contributed by atoms with E-state index < -0.39 is 17.2 Å². The monoisotopic (exact) mass is 540 g/mol. The minimum Gasteiger partial charge on any atom is -0.465 e. The highest BCUT2D eigenvalue weighted by atomic mass is 35.5. The summed E-state index contributed by atoms with van der Waals surface area (Å²) in [7, 11) is 1.83. The molecule has 0 aliphatic carbocycles. The molecular formula is C26H33ClN8O3. The Bertz CT molecular complexity index is 1380. The molecule has 11 nitrogen and oxygen atoms in total. The highest BCUT2D eigenvalue weighted by Gasteiger charge is 2.42. The molecule has 2 aliphatic heterocycles. The van der Waals surface area contributed by atoms with Gasteiger partial charge in [0.1, 0.15) is 10.7 Å². The number of aromatic nitrogens is 4. The van der Waals surface area contributed by atoms with Crippen LogP contribution in [0.25, 0.3) is 5.65 Å². The van der Waals surface area contributed by atoms with Gasteiger partial charge in [-0.25, -0.2) is 14.8 Å². The number of hydrogen-bond acceptors (Lipinski definition) is 7. The fourth-order valence-electron chi connectivity index (χ4n) is 5.32. The van der Waals surface area contributed by atoms with Crippen LogP contribution in [-0.4, -0.2) is 91.6 Å². The molecule has 2 fully saturated rings. The van der Waals surface area contributed by atoms with Crippen molar-refractivity contribution in [2.24, 2.45) is 5.92 Å². The molecule has 1 N–H and O–H groups in total. The van der Waals surface area contributed by atoms with Gasteiger partial charge in [-0.05, 0) is 39.8 Å². The van der Waals surface area contributed by atoms with Gasteiger partial charge in [0.05, 0.1) is 35.1 Å². The average molecular weight is 541 g/mol. The fraction of sp³-hybridized carbons (Fsp3) is 0.500. The van der Waals surface area contributed by atoms with E-state index in [1.54, 1.807) is 11.1 Å². The van der Waals surface area contributed by atoms with E-state index in [0.29, 0.717) is 49.5 Å². The summed E-state index contributed by atoms with van der Waals surface area (Å²) in [4.78, 5) is 45.9. The maximum atomic E-state index is 13.5. The molecule has 2 aliphatic rings. The normalized spacial score (nSPS) is 18.0. The van der Waals surface area contributed by atoms with Crippen LogP contribution >= 0.6 is 11.6 Å². The maximum absolute atomic E-state index is 13.5. The quantitative estimate of drug-likeness (QED) is 0.525. The minimum absolute atomic E-state index is 0.0501. The zero-order valence-electron chi connectivity index (χ0n) is 22.3. The molecule has 0 atom stereocenters. The van der Waals surface area contributed by atoms with Crippen molar-refractivity contribution in [2.45, 2.75) is 38.8 Å². The summed E-state index contributed by atoms with van der Waals surface area (Å²) >= 11 is 6.47. The molecule has 3 aromatic heterocycles. The maximum Gasteiger partial charge on any atom is 0.407 e. The van der Waals surface area contributed by atoms with Gasteiger partial charge < -0.3 is 24.2 Å². The number of imidazole rings is 1. The van der Waals surface area contributed by atoms with Crippen molar-refractivity contribution >= 4 is 41.0 Å². The zero-order chi connectivity index (χ0) is 27.4. The first kappa shape index (κ1) is 26.0. The number of piperazine rings is 1. The number of carbonyl (C=O) groups excluding carboxylic acids is 1. The number of carbonyl (C=O) groups is 2. The van der Waals surface area contributed by atoms with Crippen molar-refractivity contribution in [2.75, 3.05) is 49.6 Å². The van der Waals surface area contributed by atoms with Gasteiger partial charge in [0.25, 0.3) is 0 Å². The summed E-state index contributed by atoms with van der Waals surface area (Å²) in [5.74, 6) is 0.950. The van der Waals surface area contributed by atoms with E-state index in [1.165, 1.54) is 4.90 Å². The highest BCUT2D eigenvalue weighted by molar-refractivity contribution is 6.32. The Morgan fingerprint density at radius 1 is 1.13 bits per heavy atom. The summed E-state index contributed by atoms with van der Waals surface area (Å²) in [6.07, 6.45) is 4.43. The van der Waals surface area contributed by atoms with Crippen LogP contribution in [0.1, 0.15) is 33.4 Å². The fourth-order valence-corrected chi connectivity index (χ4v) is 5.53. The van der Waals surface area contributed by atoms with Crippen LogP contribution in [0.2, 0.25) is 5.02 Å². The second kappa shape index (κ2) is 9.30. The summed E-state index contributed by atoms with van der Waals surface area (Å²) in [5, 5.41) is 9.92. The lowest BCUT2D eigenvalue weighted by Crippen LogP contribution is -2.61. The highest BCUT2D eigenvalue weighted by Crippen LogP contribution is 2.35. The summed E-state index contributed by atoms with van der Waals surface area (Å²) in [6, 6.07) is 5.84. The SMILES string of the molecule is CN(C(=O)C1CN(c2nc(N3CCN(C(=O)O)C(C)(C)C3)ncc2Cl)C1)C(C)(C)c1cnc2ccccn12. The zero-order valence-corrected chi connectivity index (χ0v) is 23.1. The van der Waals surface area contributed by atoms with Gasteiger partial charge in [0, 0.05) is 46.0 Å². The lowest BCUT2D eigenvalue weighted by atomic mass is 9.93. The largest absolute Gasteiger partial charge is 0.465 e. The Hall–Kier alpha value is -3.60. The predicted octanol–water partition coefficient (Wildman–Crippen LogP) is 3.19. The van der Waals surface area contributed by atoms with Gasteiger partial charge in [-0.15, -0.1) is 0 Å². The first-order valence-corrected chi connectivity index (χ1v) is 13.0. The molecule has 0 aromatic carbocycles. The molecule has 5 heterocycles. The third-order valence-corrected chi connectivity index (χ3v) is 8.14. The molecule has 0 unspecified atom stereocenters. The Balaban J connectivity index is 1.27. The number of fused-ring (bicyclic) bond motifs is 1. The van der Waals surface area contributed by atoms with Crippen LogP contribution in [-0.2, 0) is 10.3 Å². The topological polar surface area (TPSA) is 110 Å². The first-order chi connectivity index (χ1) is 17.9. The number of pyridine rings is 1. The van der Waals surface area contributed by atoms with Gasteiger partial charge in [-0.2, -0.15) is 4.98 Å². The standard InChI is InChI=1S/C26H33ClN8O3/c1-25(2)16-32(10-11-35(25)24(37)38)23-29-12-18(27)21(30-23)33-14-17(15-33)22(36)31(5)26(3,4)19-13-28-20-8-6-7-9-34(19)20/h6-9,12-13,17H,10-11,14-16H2,1-5H3,(H,37,38). The number of amides is 2. The summed E-state index contributed by atoms with van der Waals surface area (Å²) < 4.78 is 2.01.